The van der Waals surface area contributed by atoms with Gasteiger partial charge in [-0.25, -0.2) is 4.68 Å². The van der Waals surface area contributed by atoms with Crippen molar-refractivity contribution in [3.05, 3.63) is 41.2 Å². The van der Waals surface area contributed by atoms with E-state index in [1.165, 1.54) is 11.1 Å². The zero-order valence-corrected chi connectivity index (χ0v) is 22.3. The second kappa shape index (κ2) is 13.9. The Labute approximate surface area is 222 Å². The number of carbonyl (C=O) groups is 2. The number of aliphatic hydroxyl groups is 1. The van der Waals surface area contributed by atoms with E-state index < -0.39 is 18.5 Å². The topological polar surface area (TPSA) is 136 Å². The first-order valence-corrected chi connectivity index (χ1v) is 11.6. The van der Waals surface area contributed by atoms with Crippen molar-refractivity contribution < 1.29 is 49.4 Å². The zero-order chi connectivity index (χ0) is 23.8. The Kier molecular flexibility index (Phi) is 11.6. The molecule has 3 rings (SSSR count). The van der Waals surface area contributed by atoms with E-state index in [0.717, 1.165) is 13.0 Å². The van der Waals surface area contributed by atoms with Crippen molar-refractivity contribution in [2.75, 3.05) is 13.1 Å². The molecule has 10 nitrogen and oxygen atoms in total. The van der Waals surface area contributed by atoms with Crippen LogP contribution in [0.4, 0.5) is 0 Å². The van der Waals surface area contributed by atoms with Crippen molar-refractivity contribution in [2.45, 2.75) is 71.2 Å². The van der Waals surface area contributed by atoms with Crippen LogP contribution in [0.3, 0.4) is 0 Å². The van der Waals surface area contributed by atoms with E-state index in [1.807, 2.05) is 17.0 Å². The third kappa shape index (κ3) is 8.42. The van der Waals surface area contributed by atoms with E-state index in [9.17, 15) is 19.8 Å². The monoisotopic (exact) mass is 480 g/mol. The first-order chi connectivity index (χ1) is 15.8. The van der Waals surface area contributed by atoms with Crippen molar-refractivity contribution in [2.24, 2.45) is 5.92 Å². The van der Waals surface area contributed by atoms with Crippen LogP contribution in [0.5, 0.6) is 0 Å². The Morgan fingerprint density at radius 3 is 2.68 bits per heavy atom. The van der Waals surface area contributed by atoms with Gasteiger partial charge in [0, 0.05) is 45.0 Å². The van der Waals surface area contributed by atoms with Crippen LogP contribution < -0.4 is 40.0 Å². The quantitative estimate of drug-likeness (QED) is 0.312. The Morgan fingerprint density at radius 2 is 1.97 bits per heavy atom. The molecular weight excluding hydrogens is 447 g/mol. The summed E-state index contributed by atoms with van der Waals surface area (Å²) < 4.78 is 1.68. The number of carboxylic acid groups (broad SMARTS) is 1. The third-order valence-corrected chi connectivity index (χ3v) is 5.82. The van der Waals surface area contributed by atoms with Gasteiger partial charge in [-0.3, -0.25) is 4.79 Å². The molecule has 2 unspecified atom stereocenters. The summed E-state index contributed by atoms with van der Waals surface area (Å²) in [6, 6.07) is 7.99. The molecule has 1 aromatic carbocycles. The fraction of sp³-hybridized carbons (Fsp3) is 0.609. The van der Waals surface area contributed by atoms with Gasteiger partial charge in [0.2, 0.25) is 5.91 Å². The predicted molar refractivity (Wildman–Crippen MR) is 118 cm³/mol. The number of fused-ring (bicyclic) bond motifs is 1. The van der Waals surface area contributed by atoms with Gasteiger partial charge in [0.05, 0.1) is 12.1 Å². The number of aryl methyl sites for hydroxylation is 1. The molecule has 34 heavy (non-hydrogen) atoms. The average molecular weight is 481 g/mol. The smallest absolute Gasteiger partial charge is 0.550 e. The third-order valence-electron chi connectivity index (χ3n) is 5.82. The summed E-state index contributed by atoms with van der Waals surface area (Å²) >= 11 is 0. The molecule has 2 N–H and O–H groups in total. The van der Waals surface area contributed by atoms with Gasteiger partial charge in [-0.15, -0.1) is 5.10 Å². The molecule has 0 radical (unpaired) electrons. The molecule has 2 atom stereocenters. The fourth-order valence-corrected chi connectivity index (χ4v) is 4.16. The number of hydrogen-bond acceptors (Lipinski definition) is 8. The number of nitrogens with one attached hydrogen (secondary N) is 1. The van der Waals surface area contributed by atoms with Crippen molar-refractivity contribution in [3.63, 3.8) is 0 Å². The summed E-state index contributed by atoms with van der Waals surface area (Å²) in [6.45, 7) is 6.11. The van der Waals surface area contributed by atoms with Gasteiger partial charge in [0.25, 0.3) is 0 Å². The first kappa shape index (κ1) is 28.4. The minimum Gasteiger partial charge on any atom is -0.550 e. The number of amides is 1. The number of tetrazole rings is 1. The molecule has 11 heteroatoms. The maximum absolute atomic E-state index is 12.7. The van der Waals surface area contributed by atoms with E-state index in [2.05, 4.69) is 46.8 Å². The number of nitrogens with zero attached hydrogens (tertiary/aromatic N) is 5. The van der Waals surface area contributed by atoms with Gasteiger partial charge < -0.3 is 25.2 Å². The molecular formula is C23H33N6NaO4. The first-order valence-electron chi connectivity index (χ1n) is 11.6. The molecule has 0 bridgehead atoms. The van der Waals surface area contributed by atoms with E-state index in [1.54, 1.807) is 4.68 Å². The molecule has 1 aromatic heterocycles. The summed E-state index contributed by atoms with van der Waals surface area (Å²) in [4.78, 5) is 25.3. The van der Waals surface area contributed by atoms with Crippen molar-refractivity contribution in [1.82, 2.24) is 30.4 Å². The maximum atomic E-state index is 12.7. The summed E-state index contributed by atoms with van der Waals surface area (Å²) in [5.41, 5.74) is 2.52. The molecule has 1 aliphatic rings. The van der Waals surface area contributed by atoms with Gasteiger partial charge in [0.1, 0.15) is 0 Å². The normalized spacial score (nSPS) is 14.9. The summed E-state index contributed by atoms with van der Waals surface area (Å²) in [7, 11) is 0. The average Bonchev–Trinajstić information content (AvgIpc) is 3.24. The van der Waals surface area contributed by atoms with Gasteiger partial charge in [-0.2, -0.15) is 0 Å². The van der Waals surface area contributed by atoms with Crippen LogP contribution in [0, 0.1) is 5.92 Å². The molecule has 2 heterocycles. The van der Waals surface area contributed by atoms with Crippen molar-refractivity contribution >= 4 is 11.9 Å². The predicted octanol–water partition coefficient (Wildman–Crippen LogP) is -2.78. The Hall–Kier alpha value is -1.85. The Balaban J connectivity index is 0.00000408. The number of aliphatic hydroxyl groups excluding tert-OH is 1. The number of aromatic nitrogens is 4. The molecule has 0 saturated heterocycles. The van der Waals surface area contributed by atoms with Crippen LogP contribution in [-0.4, -0.2) is 61.3 Å². The molecule has 1 amide bonds. The molecule has 180 valence electrons. The zero-order valence-electron chi connectivity index (χ0n) is 20.3. The molecule has 2 aromatic rings. The maximum Gasteiger partial charge on any atom is 1.00 e. The summed E-state index contributed by atoms with van der Waals surface area (Å²) in [5.74, 6) is -0.226. The minimum atomic E-state index is -1.29. The van der Waals surface area contributed by atoms with Crippen LogP contribution in [0.15, 0.2) is 24.3 Å². The summed E-state index contributed by atoms with van der Waals surface area (Å²) in [6.07, 6.45) is 1.12. The fourth-order valence-electron chi connectivity index (χ4n) is 4.16. The SMILES string of the molecule is CC(C)CC(NCC(O)CC(=O)[O-])c1nnnn1CCCC(=O)N1CCc2ccccc2C1.[Na+]. The van der Waals surface area contributed by atoms with E-state index in [-0.39, 0.29) is 48.1 Å². The second-order valence-corrected chi connectivity index (χ2v) is 9.02. The van der Waals surface area contributed by atoms with Gasteiger partial charge in [-0.05, 0) is 46.7 Å². The van der Waals surface area contributed by atoms with Gasteiger partial charge in [0.15, 0.2) is 5.82 Å². The van der Waals surface area contributed by atoms with Crippen LogP contribution in [0.1, 0.15) is 62.5 Å². The Morgan fingerprint density at radius 1 is 1.24 bits per heavy atom. The van der Waals surface area contributed by atoms with E-state index >= 15 is 0 Å². The van der Waals surface area contributed by atoms with Crippen LogP contribution in [0.25, 0.3) is 0 Å². The largest absolute Gasteiger partial charge is 1.00 e. The molecule has 0 saturated carbocycles. The van der Waals surface area contributed by atoms with Crippen LogP contribution in [-0.2, 0) is 29.1 Å². The summed E-state index contributed by atoms with van der Waals surface area (Å²) in [5, 5.41) is 35.8. The van der Waals surface area contributed by atoms with Crippen LogP contribution in [0.2, 0.25) is 0 Å². The molecule has 0 spiro atoms. The van der Waals surface area contributed by atoms with Crippen LogP contribution >= 0.6 is 0 Å². The van der Waals surface area contributed by atoms with Crippen molar-refractivity contribution in [1.29, 1.82) is 0 Å². The second-order valence-electron chi connectivity index (χ2n) is 9.02. The van der Waals surface area contributed by atoms with Gasteiger partial charge >= 0.3 is 29.6 Å². The van der Waals surface area contributed by atoms with Crippen molar-refractivity contribution in [3.8, 4) is 0 Å². The number of aliphatic carboxylic acids is 1. The molecule has 0 aliphatic carbocycles. The van der Waals surface area contributed by atoms with E-state index in [4.69, 9.17) is 0 Å². The number of carboxylic acids is 1. The number of carbonyl (C=O) groups excluding carboxylic acids is 2. The molecule has 1 aliphatic heterocycles. The molecule has 0 fully saturated rings. The van der Waals surface area contributed by atoms with Gasteiger partial charge in [-0.1, -0.05) is 38.1 Å². The Bertz CT molecular complexity index is 938. The standard InChI is InChI=1S/C23H34N6O4.Na/c1-16(2)12-20(24-14-19(30)13-22(32)33)23-25-26-27-29(23)10-5-8-21(31)28-11-9-17-6-3-4-7-18(17)15-28;/h3-4,6-7,16,19-20,24,30H,5,8-15H2,1-2H3,(H,32,33);/q;+1/p-1. The number of hydrogen-bond donors (Lipinski definition) is 2. The number of benzene rings is 1. The minimum absolute atomic E-state index is 0. The number of rotatable bonds is 12. The van der Waals surface area contributed by atoms with E-state index in [0.29, 0.717) is 44.1 Å².